The third-order valence-corrected chi connectivity index (χ3v) is 5.59. The molecule has 0 radical (unpaired) electrons. The Morgan fingerprint density at radius 2 is 1.74 bits per heavy atom. The van der Waals surface area contributed by atoms with Crippen LogP contribution >= 0.6 is 11.6 Å². The fraction of sp³-hybridized carbons (Fsp3) is 0.304. The molecule has 1 aromatic heterocycles. The predicted octanol–water partition coefficient (Wildman–Crippen LogP) is 4.43. The number of nitrogens with one attached hydrogen (secondary N) is 1. The van der Waals surface area contributed by atoms with Gasteiger partial charge in [-0.2, -0.15) is 5.10 Å². The van der Waals surface area contributed by atoms with Gasteiger partial charge in [0.2, 0.25) is 0 Å². The maximum atomic E-state index is 12.9. The van der Waals surface area contributed by atoms with Crippen LogP contribution in [-0.2, 0) is 0 Å². The molecule has 1 aliphatic rings. The largest absolute Gasteiger partial charge is 0.493 e. The first-order valence-corrected chi connectivity index (χ1v) is 10.4. The van der Waals surface area contributed by atoms with E-state index in [1.54, 1.807) is 20.3 Å². The van der Waals surface area contributed by atoms with Crippen LogP contribution in [0.1, 0.15) is 23.3 Å². The highest BCUT2D eigenvalue weighted by atomic mass is 35.5. The number of hydrogen-bond acceptors (Lipinski definition) is 5. The molecule has 2 aromatic carbocycles. The van der Waals surface area contributed by atoms with Gasteiger partial charge in [0.1, 0.15) is 17.5 Å². The lowest BCUT2D eigenvalue weighted by Gasteiger charge is -2.31. The Bertz CT molecular complexity index is 1040. The zero-order valence-corrected chi connectivity index (χ0v) is 18.2. The highest BCUT2D eigenvalue weighted by Crippen LogP contribution is 2.32. The summed E-state index contributed by atoms with van der Waals surface area (Å²) in [6.07, 6.45) is 1.62. The normalized spacial score (nSPS) is 14.4. The van der Waals surface area contributed by atoms with Crippen LogP contribution in [0.4, 0.5) is 0 Å². The number of rotatable bonds is 6. The predicted molar refractivity (Wildman–Crippen MR) is 118 cm³/mol. The molecule has 2 heterocycles. The van der Waals surface area contributed by atoms with Crippen molar-refractivity contribution in [3.63, 3.8) is 0 Å². The van der Waals surface area contributed by atoms with Crippen LogP contribution in [0.15, 0.2) is 48.5 Å². The number of ether oxygens (including phenoxy) is 3. The third-order valence-electron chi connectivity index (χ3n) is 5.33. The molecule has 162 valence electrons. The lowest BCUT2D eigenvalue weighted by molar-refractivity contribution is 0.0590. The Morgan fingerprint density at radius 3 is 2.42 bits per heavy atom. The van der Waals surface area contributed by atoms with E-state index in [-0.39, 0.29) is 12.0 Å². The average Bonchev–Trinajstić information content (AvgIpc) is 3.30. The summed E-state index contributed by atoms with van der Waals surface area (Å²) in [6.45, 7) is 1.25. The first kappa shape index (κ1) is 21.1. The lowest BCUT2D eigenvalue weighted by atomic mass is 10.1. The highest BCUT2D eigenvalue weighted by molar-refractivity contribution is 6.30. The summed E-state index contributed by atoms with van der Waals surface area (Å²) in [6, 6.07) is 14.6. The van der Waals surface area contributed by atoms with Gasteiger partial charge in [-0.15, -0.1) is 0 Å². The minimum Gasteiger partial charge on any atom is -0.493 e. The topological polar surface area (TPSA) is 76.7 Å². The zero-order valence-electron chi connectivity index (χ0n) is 17.4. The van der Waals surface area contributed by atoms with Gasteiger partial charge in [-0.3, -0.25) is 9.89 Å². The van der Waals surface area contributed by atoms with Crippen LogP contribution < -0.4 is 14.2 Å². The molecule has 1 aliphatic heterocycles. The Hall–Kier alpha value is -3.19. The number of nitrogens with zero attached hydrogens (tertiary/aromatic N) is 2. The second-order valence-corrected chi connectivity index (χ2v) is 7.74. The molecule has 0 aliphatic carbocycles. The Kier molecular flexibility index (Phi) is 6.32. The summed E-state index contributed by atoms with van der Waals surface area (Å²) in [7, 11) is 3.17. The first-order valence-electron chi connectivity index (χ1n) is 10.1. The van der Waals surface area contributed by atoms with Crippen molar-refractivity contribution in [3.05, 3.63) is 59.2 Å². The first-order chi connectivity index (χ1) is 15.1. The van der Waals surface area contributed by atoms with Gasteiger partial charge in [0.15, 0.2) is 11.5 Å². The third kappa shape index (κ3) is 4.77. The van der Waals surface area contributed by atoms with Crippen LogP contribution in [0.2, 0.25) is 5.02 Å². The number of benzene rings is 2. The minimum absolute atomic E-state index is 0.0656. The summed E-state index contributed by atoms with van der Waals surface area (Å²) in [4.78, 5) is 14.8. The number of likely N-dealkylation sites (tertiary alicyclic amines) is 1. The standard InChI is InChI=1S/C23H24ClN3O4/c1-29-21-8-3-15(13-22(21)30-2)19-14-20(26-25-19)23(28)27-11-9-18(10-12-27)31-17-6-4-16(24)5-7-17/h3-8,13-14,18H,9-12H2,1-2H3,(H,25,26). The number of halogens is 1. The van der Waals surface area contributed by atoms with Gasteiger partial charge in [-0.05, 0) is 48.5 Å². The van der Waals surface area contributed by atoms with E-state index in [2.05, 4.69) is 10.2 Å². The van der Waals surface area contributed by atoms with Crippen molar-refractivity contribution >= 4 is 17.5 Å². The van der Waals surface area contributed by atoms with Crippen LogP contribution in [-0.4, -0.2) is 54.4 Å². The van der Waals surface area contributed by atoms with Crippen LogP contribution in [0.3, 0.4) is 0 Å². The SMILES string of the molecule is COc1ccc(-c2cc(C(=O)N3CCC(Oc4ccc(Cl)cc4)CC3)[nH]n2)cc1OC. The Balaban J connectivity index is 1.38. The smallest absolute Gasteiger partial charge is 0.271 e. The molecule has 0 atom stereocenters. The number of piperidine rings is 1. The van der Waals surface area contributed by atoms with Gasteiger partial charge in [0.05, 0.1) is 19.9 Å². The van der Waals surface area contributed by atoms with Gasteiger partial charge >= 0.3 is 0 Å². The van der Waals surface area contributed by atoms with Crippen molar-refractivity contribution in [3.8, 4) is 28.5 Å². The monoisotopic (exact) mass is 441 g/mol. The molecule has 7 nitrogen and oxygen atoms in total. The Labute approximate surface area is 185 Å². The second-order valence-electron chi connectivity index (χ2n) is 7.30. The maximum Gasteiger partial charge on any atom is 0.271 e. The number of methoxy groups -OCH3 is 2. The van der Waals surface area contributed by atoms with E-state index < -0.39 is 0 Å². The van der Waals surface area contributed by atoms with Crippen LogP contribution in [0.5, 0.6) is 17.2 Å². The van der Waals surface area contributed by atoms with Crippen molar-refractivity contribution in [2.75, 3.05) is 27.3 Å². The van der Waals surface area contributed by atoms with E-state index in [0.717, 1.165) is 24.2 Å². The van der Waals surface area contributed by atoms with Gasteiger partial charge in [0.25, 0.3) is 5.91 Å². The van der Waals surface area contributed by atoms with Crippen molar-refractivity contribution in [2.45, 2.75) is 18.9 Å². The number of carbonyl (C=O) groups excluding carboxylic acids is 1. The number of aromatic amines is 1. The van der Waals surface area contributed by atoms with E-state index in [0.29, 0.717) is 41.0 Å². The van der Waals surface area contributed by atoms with Crippen molar-refractivity contribution in [1.82, 2.24) is 15.1 Å². The average molecular weight is 442 g/mol. The molecular formula is C23H24ClN3O4. The van der Waals surface area contributed by atoms with E-state index in [4.69, 9.17) is 25.8 Å². The Morgan fingerprint density at radius 1 is 1.03 bits per heavy atom. The van der Waals surface area contributed by atoms with Crippen LogP contribution in [0.25, 0.3) is 11.3 Å². The minimum atomic E-state index is -0.0656. The van der Waals surface area contributed by atoms with Crippen molar-refractivity contribution in [2.24, 2.45) is 0 Å². The van der Waals surface area contributed by atoms with E-state index in [1.165, 1.54) is 0 Å². The summed E-state index contributed by atoms with van der Waals surface area (Å²) >= 11 is 5.92. The van der Waals surface area contributed by atoms with Crippen molar-refractivity contribution < 1.29 is 19.0 Å². The summed E-state index contributed by atoms with van der Waals surface area (Å²) in [5.74, 6) is 1.98. The molecule has 0 saturated carbocycles. The number of amides is 1. The van der Waals surface area contributed by atoms with Gasteiger partial charge in [-0.25, -0.2) is 0 Å². The number of hydrogen-bond donors (Lipinski definition) is 1. The van der Waals surface area contributed by atoms with Crippen molar-refractivity contribution in [1.29, 1.82) is 0 Å². The molecule has 3 aromatic rings. The van der Waals surface area contributed by atoms with Gasteiger partial charge < -0.3 is 19.1 Å². The molecule has 0 bridgehead atoms. The molecule has 31 heavy (non-hydrogen) atoms. The second kappa shape index (κ2) is 9.31. The number of carbonyl (C=O) groups is 1. The zero-order chi connectivity index (χ0) is 21.8. The molecule has 4 rings (SSSR count). The fourth-order valence-electron chi connectivity index (χ4n) is 3.63. The molecule has 1 N–H and O–H groups in total. The van der Waals surface area contributed by atoms with Crippen LogP contribution in [0, 0.1) is 0 Å². The highest BCUT2D eigenvalue weighted by Gasteiger charge is 2.26. The number of aromatic nitrogens is 2. The molecule has 1 fully saturated rings. The van der Waals surface area contributed by atoms with E-state index >= 15 is 0 Å². The lowest BCUT2D eigenvalue weighted by Crippen LogP contribution is -2.41. The molecule has 8 heteroatoms. The summed E-state index contributed by atoms with van der Waals surface area (Å²) < 4.78 is 16.6. The number of H-pyrrole nitrogens is 1. The maximum absolute atomic E-state index is 12.9. The van der Waals surface area contributed by atoms with Gasteiger partial charge in [0, 0.05) is 36.5 Å². The van der Waals surface area contributed by atoms with E-state index in [1.807, 2.05) is 47.4 Å². The fourth-order valence-corrected chi connectivity index (χ4v) is 3.75. The van der Waals surface area contributed by atoms with E-state index in [9.17, 15) is 4.79 Å². The summed E-state index contributed by atoms with van der Waals surface area (Å²) in [5.41, 5.74) is 1.97. The molecule has 1 amide bonds. The molecular weight excluding hydrogens is 418 g/mol. The molecule has 1 saturated heterocycles. The van der Waals surface area contributed by atoms with Gasteiger partial charge in [-0.1, -0.05) is 11.6 Å². The molecule has 0 unspecified atom stereocenters. The quantitative estimate of drug-likeness (QED) is 0.612. The molecule has 0 spiro atoms. The summed E-state index contributed by atoms with van der Waals surface area (Å²) in [5, 5.41) is 7.85.